The summed E-state index contributed by atoms with van der Waals surface area (Å²) >= 11 is 0. The van der Waals surface area contributed by atoms with Gasteiger partial charge in [0.25, 0.3) is 5.79 Å². The van der Waals surface area contributed by atoms with E-state index >= 15 is 0 Å². The number of carbonyl (C=O) groups is 2. The van der Waals surface area contributed by atoms with Gasteiger partial charge in [-0.05, 0) is 25.7 Å². The summed E-state index contributed by atoms with van der Waals surface area (Å²) in [5.41, 5.74) is 5.91. The van der Waals surface area contributed by atoms with Crippen molar-refractivity contribution in [2.45, 2.75) is 44.0 Å². The quantitative estimate of drug-likeness (QED) is 0.312. The van der Waals surface area contributed by atoms with Gasteiger partial charge in [-0.3, -0.25) is 4.79 Å². The number of nitrogens with two attached hydrogens (primary N) is 1. The first kappa shape index (κ1) is 23.5. The van der Waals surface area contributed by atoms with Crippen molar-refractivity contribution in [1.82, 2.24) is 0 Å². The molecule has 1 aliphatic carbocycles. The molecule has 30 heavy (non-hydrogen) atoms. The Morgan fingerprint density at radius 1 is 0.900 bits per heavy atom. The second-order valence-corrected chi connectivity index (χ2v) is 6.83. The van der Waals surface area contributed by atoms with E-state index in [0.717, 1.165) is 25.7 Å². The lowest BCUT2D eigenvalue weighted by Crippen LogP contribution is -2.40. The molecule has 1 aliphatic rings. The van der Waals surface area contributed by atoms with Crippen molar-refractivity contribution in [3.63, 3.8) is 0 Å². The second-order valence-electron chi connectivity index (χ2n) is 6.83. The Kier molecular flexibility index (Phi) is 9.47. The number of carbonyl (C=O) groups excluding carboxylic acids is 2. The van der Waals surface area contributed by atoms with Crippen molar-refractivity contribution in [2.24, 2.45) is 5.73 Å². The minimum absolute atomic E-state index is 0.103. The zero-order valence-corrected chi connectivity index (χ0v) is 17.4. The van der Waals surface area contributed by atoms with Crippen LogP contribution in [0.2, 0.25) is 0 Å². The molecule has 7 heteroatoms. The number of ketones is 1. The SMILES string of the molecule is COOC(OC)(C(=O)c1ccccc1)c1ccccc1.NC(=O)OC1CCCCC1. The van der Waals surface area contributed by atoms with Crippen molar-refractivity contribution >= 4 is 11.9 Å². The normalized spacial score (nSPS) is 15.9. The zero-order valence-electron chi connectivity index (χ0n) is 17.4. The third-order valence-corrected chi connectivity index (χ3v) is 4.81. The minimum atomic E-state index is -1.61. The van der Waals surface area contributed by atoms with Gasteiger partial charge >= 0.3 is 6.09 Å². The topological polar surface area (TPSA) is 97.1 Å². The Labute approximate surface area is 177 Å². The highest BCUT2D eigenvalue weighted by molar-refractivity contribution is 6.02. The maximum Gasteiger partial charge on any atom is 0.404 e. The Morgan fingerprint density at radius 2 is 1.47 bits per heavy atom. The van der Waals surface area contributed by atoms with E-state index in [9.17, 15) is 9.59 Å². The summed E-state index contributed by atoms with van der Waals surface area (Å²) in [5, 5.41) is 0. The maximum absolute atomic E-state index is 12.8. The van der Waals surface area contributed by atoms with E-state index in [1.807, 2.05) is 12.1 Å². The lowest BCUT2D eigenvalue weighted by molar-refractivity contribution is -0.397. The van der Waals surface area contributed by atoms with Crippen molar-refractivity contribution < 1.29 is 28.8 Å². The molecule has 7 nitrogen and oxygen atoms in total. The number of methoxy groups -OCH3 is 1. The largest absolute Gasteiger partial charge is 0.446 e. The molecule has 162 valence electrons. The number of rotatable bonds is 7. The van der Waals surface area contributed by atoms with Crippen molar-refractivity contribution in [3.8, 4) is 0 Å². The predicted molar refractivity (Wildman–Crippen MR) is 112 cm³/mol. The summed E-state index contributed by atoms with van der Waals surface area (Å²) in [6, 6.07) is 17.8. The van der Waals surface area contributed by atoms with E-state index in [2.05, 4.69) is 0 Å². The Balaban J connectivity index is 0.000000269. The van der Waals surface area contributed by atoms with Gasteiger partial charge in [0.2, 0.25) is 5.78 Å². The van der Waals surface area contributed by atoms with E-state index in [-0.39, 0.29) is 11.9 Å². The molecular formula is C23H29NO6. The van der Waals surface area contributed by atoms with Crippen LogP contribution >= 0.6 is 0 Å². The maximum atomic E-state index is 12.8. The second kappa shape index (κ2) is 12.1. The molecule has 0 saturated heterocycles. The van der Waals surface area contributed by atoms with Gasteiger partial charge in [-0.15, -0.1) is 0 Å². The highest BCUT2D eigenvalue weighted by Gasteiger charge is 2.44. The van der Waals surface area contributed by atoms with Crippen LogP contribution in [-0.4, -0.2) is 32.2 Å². The van der Waals surface area contributed by atoms with Crippen molar-refractivity contribution in [1.29, 1.82) is 0 Å². The number of amides is 1. The molecule has 2 aromatic rings. The van der Waals surface area contributed by atoms with Crippen LogP contribution in [0.15, 0.2) is 60.7 Å². The standard InChI is InChI=1S/C16H16O4.C7H13NO2/c1-18-16(20-19-2,14-11-7-4-8-12-14)15(17)13-9-5-3-6-10-13;8-7(9)10-6-4-2-1-3-5-6/h3-12H,1-2H3;6H,1-5H2,(H2,8,9). The first-order valence-corrected chi connectivity index (χ1v) is 9.92. The van der Waals surface area contributed by atoms with Crippen LogP contribution in [0.5, 0.6) is 0 Å². The molecule has 0 radical (unpaired) electrons. The number of primary amides is 1. The molecule has 0 aromatic heterocycles. The third-order valence-electron chi connectivity index (χ3n) is 4.81. The summed E-state index contributed by atoms with van der Waals surface area (Å²) in [6.45, 7) is 0. The lowest BCUT2D eigenvalue weighted by atomic mass is 9.96. The molecule has 3 rings (SSSR count). The molecular weight excluding hydrogens is 386 g/mol. The van der Waals surface area contributed by atoms with Gasteiger partial charge in [0.1, 0.15) is 6.10 Å². The molecule has 0 bridgehead atoms. The van der Waals surface area contributed by atoms with Crippen molar-refractivity contribution in [3.05, 3.63) is 71.8 Å². The number of benzene rings is 2. The van der Waals surface area contributed by atoms with Crippen LogP contribution in [0.25, 0.3) is 0 Å². The molecule has 1 unspecified atom stereocenters. The fourth-order valence-electron chi connectivity index (χ4n) is 3.36. The monoisotopic (exact) mass is 415 g/mol. The zero-order chi connectivity index (χ0) is 21.8. The lowest BCUT2D eigenvalue weighted by Gasteiger charge is -2.29. The summed E-state index contributed by atoms with van der Waals surface area (Å²) in [7, 11) is 2.75. The van der Waals surface area contributed by atoms with E-state index in [0.29, 0.717) is 11.1 Å². The number of hydrogen-bond donors (Lipinski definition) is 1. The predicted octanol–water partition coefficient (Wildman–Crippen LogP) is 4.36. The average molecular weight is 415 g/mol. The summed E-state index contributed by atoms with van der Waals surface area (Å²) in [6.07, 6.45) is 5.04. The van der Waals surface area contributed by atoms with Crippen LogP contribution < -0.4 is 5.73 Å². The highest BCUT2D eigenvalue weighted by atomic mass is 17.2. The molecule has 0 spiro atoms. The van der Waals surface area contributed by atoms with Gasteiger partial charge in [0, 0.05) is 18.2 Å². The Bertz CT molecular complexity index is 777. The third kappa shape index (κ3) is 6.38. The molecule has 2 N–H and O–H groups in total. The first-order valence-electron chi connectivity index (χ1n) is 9.92. The van der Waals surface area contributed by atoms with Gasteiger partial charge in [-0.1, -0.05) is 67.1 Å². The van der Waals surface area contributed by atoms with Gasteiger partial charge in [-0.2, -0.15) is 4.89 Å². The van der Waals surface area contributed by atoms with Gasteiger partial charge < -0.3 is 15.2 Å². The molecule has 1 fully saturated rings. The van der Waals surface area contributed by atoms with E-state index < -0.39 is 11.9 Å². The molecule has 1 amide bonds. The van der Waals surface area contributed by atoms with Gasteiger partial charge in [-0.25, -0.2) is 9.68 Å². The van der Waals surface area contributed by atoms with Gasteiger partial charge in [0.15, 0.2) is 0 Å². The van der Waals surface area contributed by atoms with E-state index in [1.54, 1.807) is 48.5 Å². The van der Waals surface area contributed by atoms with Gasteiger partial charge in [0.05, 0.1) is 7.11 Å². The molecule has 0 aliphatic heterocycles. The van der Waals surface area contributed by atoms with Crippen molar-refractivity contribution in [2.75, 3.05) is 14.2 Å². The molecule has 2 aromatic carbocycles. The number of hydrogen-bond acceptors (Lipinski definition) is 6. The summed E-state index contributed by atoms with van der Waals surface area (Å²) in [5.74, 6) is -1.94. The number of Topliss-reactive ketones (excluding diaryl/α,β-unsaturated/α-hetero) is 1. The summed E-state index contributed by atoms with van der Waals surface area (Å²) < 4.78 is 10.2. The van der Waals surface area contributed by atoms with E-state index in [4.69, 9.17) is 25.0 Å². The highest BCUT2D eigenvalue weighted by Crippen LogP contribution is 2.31. The van der Waals surface area contributed by atoms with Crippen LogP contribution in [0, 0.1) is 0 Å². The smallest absolute Gasteiger partial charge is 0.404 e. The number of ether oxygens (including phenoxy) is 2. The molecule has 1 atom stereocenters. The summed E-state index contributed by atoms with van der Waals surface area (Å²) in [4.78, 5) is 33.0. The Morgan fingerprint density at radius 3 is 1.97 bits per heavy atom. The van der Waals surface area contributed by atoms with E-state index in [1.165, 1.54) is 20.6 Å². The fraction of sp³-hybridized carbons (Fsp3) is 0.391. The van der Waals surface area contributed by atoms with Crippen LogP contribution in [0.1, 0.15) is 48.0 Å². The average Bonchev–Trinajstić information content (AvgIpc) is 2.79. The Hall–Kier alpha value is -2.74. The van der Waals surface area contributed by atoms with Crippen LogP contribution in [0.3, 0.4) is 0 Å². The minimum Gasteiger partial charge on any atom is -0.446 e. The first-order chi connectivity index (χ1) is 14.5. The fourth-order valence-corrected chi connectivity index (χ4v) is 3.36. The molecule has 0 heterocycles. The molecule has 1 saturated carbocycles. The van der Waals surface area contributed by atoms with Crippen LogP contribution in [0.4, 0.5) is 4.79 Å². The van der Waals surface area contributed by atoms with Crippen LogP contribution in [-0.2, 0) is 25.0 Å².